The van der Waals surface area contributed by atoms with Crippen LogP contribution in [-0.2, 0) is 18.9 Å². The van der Waals surface area contributed by atoms with Gasteiger partial charge in [-0.1, -0.05) is 35.4 Å². The van der Waals surface area contributed by atoms with Crippen molar-refractivity contribution in [2.45, 2.75) is 36.9 Å². The summed E-state index contributed by atoms with van der Waals surface area (Å²) in [6.45, 7) is 0.258. The minimum absolute atomic E-state index is 0.258. The molecule has 1 aromatic rings. The Morgan fingerprint density at radius 3 is 2.77 bits per heavy atom. The number of nitrogens with zero attached hydrogens (tertiary/aromatic N) is 3. The summed E-state index contributed by atoms with van der Waals surface area (Å²) in [6.07, 6.45) is -3.64. The number of aliphatic hydroxyl groups excluding tert-OH is 1. The van der Waals surface area contributed by atoms with Crippen molar-refractivity contribution in [3.63, 3.8) is 0 Å². The Bertz CT molecular complexity index is 551. The van der Waals surface area contributed by atoms with Crippen molar-refractivity contribution < 1.29 is 24.1 Å². The Balaban J connectivity index is 1.82. The van der Waals surface area contributed by atoms with Crippen molar-refractivity contribution in [3.05, 3.63) is 46.3 Å². The van der Waals surface area contributed by atoms with Gasteiger partial charge in [0.15, 0.2) is 12.6 Å². The van der Waals surface area contributed by atoms with Crippen LogP contribution in [0.5, 0.6) is 0 Å². The van der Waals surface area contributed by atoms with Crippen LogP contribution < -0.4 is 0 Å². The fourth-order valence-electron chi connectivity index (χ4n) is 2.75. The van der Waals surface area contributed by atoms with Crippen LogP contribution in [0.2, 0.25) is 0 Å². The van der Waals surface area contributed by atoms with Crippen LogP contribution in [0.15, 0.2) is 35.4 Å². The van der Waals surface area contributed by atoms with Gasteiger partial charge in [-0.2, -0.15) is 0 Å². The highest BCUT2D eigenvalue weighted by atomic mass is 16.7. The Morgan fingerprint density at radius 2 is 2.09 bits per heavy atom. The molecule has 0 aliphatic carbocycles. The van der Waals surface area contributed by atoms with Crippen LogP contribution in [0, 0.1) is 0 Å². The first-order valence-corrected chi connectivity index (χ1v) is 6.97. The monoisotopic (exact) mass is 307 g/mol. The minimum Gasteiger partial charge on any atom is -0.387 e. The molecule has 0 aromatic heterocycles. The topological polar surface area (TPSA) is 106 Å². The molecule has 2 aliphatic heterocycles. The van der Waals surface area contributed by atoms with Gasteiger partial charge in [-0.05, 0) is 5.53 Å². The second-order valence-electron chi connectivity index (χ2n) is 5.14. The van der Waals surface area contributed by atoms with E-state index in [2.05, 4.69) is 10.0 Å². The maximum atomic E-state index is 10.2. The standard InChI is InChI=1S/C14H17N3O5/c1-19-14-11(18)10(16-17-15)12-9(21-14)7-20-13(22-12)8-5-3-2-4-6-8/h2-6,9-14,18H,7H2,1H3/t9?,10-,11-,12?,13-,14+/m1/s1. The van der Waals surface area contributed by atoms with E-state index < -0.39 is 36.9 Å². The van der Waals surface area contributed by atoms with E-state index in [0.29, 0.717) is 0 Å². The summed E-state index contributed by atoms with van der Waals surface area (Å²) >= 11 is 0. The Labute approximate surface area is 127 Å². The first kappa shape index (κ1) is 15.2. The molecule has 1 aromatic carbocycles. The molecule has 3 rings (SSSR count). The van der Waals surface area contributed by atoms with Crippen LogP contribution in [0.4, 0.5) is 0 Å². The van der Waals surface area contributed by atoms with Gasteiger partial charge in [0.25, 0.3) is 0 Å². The Morgan fingerprint density at radius 1 is 1.32 bits per heavy atom. The maximum Gasteiger partial charge on any atom is 0.184 e. The van der Waals surface area contributed by atoms with E-state index in [-0.39, 0.29) is 6.61 Å². The van der Waals surface area contributed by atoms with Gasteiger partial charge < -0.3 is 24.1 Å². The van der Waals surface area contributed by atoms with Gasteiger partial charge in [0.2, 0.25) is 0 Å². The molecule has 8 nitrogen and oxygen atoms in total. The van der Waals surface area contributed by atoms with E-state index in [1.54, 1.807) is 0 Å². The zero-order chi connectivity index (χ0) is 15.5. The molecule has 22 heavy (non-hydrogen) atoms. The number of hydrogen-bond donors (Lipinski definition) is 1. The summed E-state index contributed by atoms with van der Waals surface area (Å²) in [5, 5.41) is 13.9. The van der Waals surface area contributed by atoms with E-state index in [4.69, 9.17) is 24.5 Å². The lowest BCUT2D eigenvalue weighted by Gasteiger charge is -2.46. The largest absolute Gasteiger partial charge is 0.387 e. The highest BCUT2D eigenvalue weighted by Crippen LogP contribution is 2.35. The normalized spacial score (nSPS) is 37.9. The van der Waals surface area contributed by atoms with Gasteiger partial charge >= 0.3 is 0 Å². The number of rotatable bonds is 3. The van der Waals surface area contributed by atoms with Crippen molar-refractivity contribution >= 4 is 0 Å². The van der Waals surface area contributed by atoms with Crippen molar-refractivity contribution in [2.75, 3.05) is 13.7 Å². The first-order valence-electron chi connectivity index (χ1n) is 6.97. The summed E-state index contributed by atoms with van der Waals surface area (Å²) in [5.74, 6) is 0. The second-order valence-corrected chi connectivity index (χ2v) is 5.14. The molecule has 8 heteroatoms. The van der Waals surface area contributed by atoms with E-state index >= 15 is 0 Å². The van der Waals surface area contributed by atoms with Crippen molar-refractivity contribution in [3.8, 4) is 0 Å². The quantitative estimate of drug-likeness (QED) is 0.517. The maximum absolute atomic E-state index is 10.2. The van der Waals surface area contributed by atoms with E-state index in [0.717, 1.165) is 5.56 Å². The van der Waals surface area contributed by atoms with Crippen LogP contribution in [0.25, 0.3) is 10.4 Å². The smallest absolute Gasteiger partial charge is 0.184 e. The summed E-state index contributed by atoms with van der Waals surface area (Å²) in [4.78, 5) is 2.80. The third-order valence-corrected chi connectivity index (χ3v) is 3.82. The number of benzene rings is 1. The lowest BCUT2D eigenvalue weighted by atomic mass is 9.96. The third-order valence-electron chi connectivity index (χ3n) is 3.82. The predicted molar refractivity (Wildman–Crippen MR) is 74.6 cm³/mol. The van der Waals surface area contributed by atoms with Gasteiger partial charge in [0.05, 0.1) is 12.6 Å². The third kappa shape index (κ3) is 2.80. The molecule has 2 heterocycles. The molecule has 0 radical (unpaired) electrons. The Kier molecular flexibility index (Phi) is 4.58. The van der Waals surface area contributed by atoms with Gasteiger partial charge in [0, 0.05) is 17.6 Å². The van der Waals surface area contributed by atoms with Gasteiger partial charge in [0.1, 0.15) is 18.3 Å². The molecule has 2 aliphatic rings. The highest BCUT2D eigenvalue weighted by molar-refractivity contribution is 5.16. The molecule has 0 amide bonds. The number of azide groups is 1. The van der Waals surface area contributed by atoms with Crippen LogP contribution in [-0.4, -0.2) is 49.5 Å². The zero-order valence-electron chi connectivity index (χ0n) is 12.0. The van der Waals surface area contributed by atoms with Gasteiger partial charge in [-0.3, -0.25) is 0 Å². The number of fused-ring (bicyclic) bond motifs is 1. The molecule has 118 valence electrons. The van der Waals surface area contributed by atoms with Gasteiger partial charge in [-0.25, -0.2) is 0 Å². The number of methoxy groups -OCH3 is 1. The summed E-state index contributed by atoms with van der Waals surface area (Å²) in [5.41, 5.74) is 9.60. The zero-order valence-corrected chi connectivity index (χ0v) is 12.0. The number of ether oxygens (including phenoxy) is 4. The fourth-order valence-corrected chi connectivity index (χ4v) is 2.75. The van der Waals surface area contributed by atoms with E-state index in [1.165, 1.54) is 7.11 Å². The summed E-state index contributed by atoms with van der Waals surface area (Å²) < 4.78 is 22.2. The Hall–Kier alpha value is -1.67. The molecule has 6 atom stereocenters. The fraction of sp³-hybridized carbons (Fsp3) is 0.571. The first-order chi connectivity index (χ1) is 10.7. The number of hydrogen-bond acceptors (Lipinski definition) is 6. The molecular formula is C14H17N3O5. The van der Waals surface area contributed by atoms with Crippen molar-refractivity contribution in [1.82, 2.24) is 0 Å². The molecule has 2 fully saturated rings. The SMILES string of the molecule is CO[C@H]1OC2CO[C@@H](c3ccccc3)OC2[C@H](N=[N+]=[N-])[C@H]1O. The predicted octanol–water partition coefficient (Wildman–Crippen LogP) is 1.51. The average Bonchev–Trinajstić information content (AvgIpc) is 2.57. The van der Waals surface area contributed by atoms with Gasteiger partial charge in [-0.15, -0.1) is 0 Å². The van der Waals surface area contributed by atoms with E-state index in [1.807, 2.05) is 30.3 Å². The number of aliphatic hydroxyl groups is 1. The molecule has 2 unspecified atom stereocenters. The summed E-state index contributed by atoms with van der Waals surface area (Å²) in [6, 6.07) is 8.62. The van der Waals surface area contributed by atoms with Crippen molar-refractivity contribution in [2.24, 2.45) is 5.11 Å². The molecule has 1 N–H and O–H groups in total. The minimum atomic E-state index is -1.10. The van der Waals surface area contributed by atoms with Crippen LogP contribution in [0.3, 0.4) is 0 Å². The van der Waals surface area contributed by atoms with E-state index in [9.17, 15) is 5.11 Å². The molecular weight excluding hydrogens is 290 g/mol. The van der Waals surface area contributed by atoms with Crippen LogP contribution >= 0.6 is 0 Å². The highest BCUT2D eigenvalue weighted by Gasteiger charge is 2.49. The summed E-state index contributed by atoms with van der Waals surface area (Å²) in [7, 11) is 1.42. The molecule has 0 spiro atoms. The second kappa shape index (κ2) is 6.62. The molecule has 0 saturated carbocycles. The lowest BCUT2D eigenvalue weighted by molar-refractivity contribution is -0.337. The molecule has 2 saturated heterocycles. The lowest BCUT2D eigenvalue weighted by Crippen LogP contribution is -2.61. The van der Waals surface area contributed by atoms with Crippen LogP contribution in [0.1, 0.15) is 11.9 Å². The van der Waals surface area contributed by atoms with Crippen molar-refractivity contribution in [1.29, 1.82) is 0 Å². The molecule has 0 bridgehead atoms. The average molecular weight is 307 g/mol.